The van der Waals surface area contributed by atoms with Crippen LogP contribution in [0.4, 0.5) is 0 Å². The fourth-order valence-electron chi connectivity index (χ4n) is 1.25. The molecule has 0 amide bonds. The maximum atomic E-state index is 3.60. The summed E-state index contributed by atoms with van der Waals surface area (Å²) in [4.78, 5) is 0. The fourth-order valence-corrected chi connectivity index (χ4v) is 1.25. The van der Waals surface area contributed by atoms with Crippen LogP contribution in [0.25, 0.3) is 0 Å². The van der Waals surface area contributed by atoms with Gasteiger partial charge in [0.1, 0.15) is 0 Å². The standard InChI is InChI=1S/C11H26N2/c1-7-12-10(5)11(6)13-9(4)8(2)3/h8-13H,7H2,1-6H3. The molecule has 2 heteroatoms. The Labute approximate surface area is 83.5 Å². The molecular weight excluding hydrogens is 160 g/mol. The maximum Gasteiger partial charge on any atom is 0.0192 e. The number of rotatable bonds is 6. The highest BCUT2D eigenvalue weighted by Crippen LogP contribution is 2.02. The summed E-state index contributed by atoms with van der Waals surface area (Å²) in [7, 11) is 0. The molecule has 0 bridgehead atoms. The van der Waals surface area contributed by atoms with Gasteiger partial charge in [-0.2, -0.15) is 0 Å². The Hall–Kier alpha value is -0.0800. The van der Waals surface area contributed by atoms with Crippen molar-refractivity contribution in [3.63, 3.8) is 0 Å². The lowest BCUT2D eigenvalue weighted by atomic mass is 10.0. The van der Waals surface area contributed by atoms with E-state index >= 15 is 0 Å². The average molecular weight is 186 g/mol. The largest absolute Gasteiger partial charge is 0.313 e. The maximum absolute atomic E-state index is 3.60. The van der Waals surface area contributed by atoms with Gasteiger partial charge in [0.2, 0.25) is 0 Å². The van der Waals surface area contributed by atoms with Crippen LogP contribution in [0.5, 0.6) is 0 Å². The second-order valence-corrected chi connectivity index (χ2v) is 4.33. The van der Waals surface area contributed by atoms with Crippen LogP contribution in [-0.4, -0.2) is 24.7 Å². The van der Waals surface area contributed by atoms with Crippen molar-refractivity contribution in [2.24, 2.45) is 5.92 Å². The van der Waals surface area contributed by atoms with Gasteiger partial charge in [-0.05, 0) is 33.2 Å². The summed E-state index contributed by atoms with van der Waals surface area (Å²) < 4.78 is 0. The third kappa shape index (κ3) is 5.27. The monoisotopic (exact) mass is 186 g/mol. The van der Waals surface area contributed by atoms with Gasteiger partial charge in [0.15, 0.2) is 0 Å². The molecule has 80 valence electrons. The van der Waals surface area contributed by atoms with Crippen LogP contribution >= 0.6 is 0 Å². The van der Waals surface area contributed by atoms with Gasteiger partial charge in [0, 0.05) is 18.1 Å². The van der Waals surface area contributed by atoms with Crippen molar-refractivity contribution < 1.29 is 0 Å². The lowest BCUT2D eigenvalue weighted by Crippen LogP contribution is -2.48. The van der Waals surface area contributed by atoms with E-state index in [-0.39, 0.29) is 0 Å². The third-order valence-electron chi connectivity index (χ3n) is 2.80. The molecule has 2 N–H and O–H groups in total. The Kier molecular flexibility index (Phi) is 6.35. The van der Waals surface area contributed by atoms with Crippen LogP contribution < -0.4 is 10.6 Å². The quantitative estimate of drug-likeness (QED) is 0.663. The van der Waals surface area contributed by atoms with Crippen molar-refractivity contribution in [2.45, 2.75) is 59.7 Å². The van der Waals surface area contributed by atoms with E-state index < -0.39 is 0 Å². The van der Waals surface area contributed by atoms with Crippen LogP contribution in [0.1, 0.15) is 41.5 Å². The van der Waals surface area contributed by atoms with Gasteiger partial charge in [0.05, 0.1) is 0 Å². The molecule has 0 aromatic carbocycles. The summed E-state index contributed by atoms with van der Waals surface area (Å²) in [5.41, 5.74) is 0. The Morgan fingerprint density at radius 1 is 0.846 bits per heavy atom. The summed E-state index contributed by atoms with van der Waals surface area (Å²) in [6, 6.07) is 1.68. The van der Waals surface area contributed by atoms with E-state index in [1.807, 2.05) is 0 Å². The highest BCUT2D eigenvalue weighted by molar-refractivity contribution is 4.77. The number of hydrogen-bond acceptors (Lipinski definition) is 2. The SMILES string of the molecule is CCNC(C)C(C)NC(C)C(C)C. The van der Waals surface area contributed by atoms with Gasteiger partial charge in [-0.3, -0.25) is 0 Å². The zero-order chi connectivity index (χ0) is 10.4. The van der Waals surface area contributed by atoms with E-state index in [1.165, 1.54) is 0 Å². The second-order valence-electron chi connectivity index (χ2n) is 4.33. The lowest BCUT2D eigenvalue weighted by molar-refractivity contribution is 0.335. The van der Waals surface area contributed by atoms with E-state index in [0.29, 0.717) is 24.0 Å². The van der Waals surface area contributed by atoms with Crippen LogP contribution in [0.2, 0.25) is 0 Å². The molecule has 0 aliphatic rings. The van der Waals surface area contributed by atoms with Crippen molar-refractivity contribution in [1.82, 2.24) is 10.6 Å². The molecule has 3 unspecified atom stereocenters. The number of hydrogen-bond donors (Lipinski definition) is 2. The molecule has 0 heterocycles. The Morgan fingerprint density at radius 2 is 1.38 bits per heavy atom. The molecule has 2 nitrogen and oxygen atoms in total. The summed E-state index contributed by atoms with van der Waals surface area (Å²) in [6.45, 7) is 14.4. The van der Waals surface area contributed by atoms with E-state index in [1.54, 1.807) is 0 Å². The lowest BCUT2D eigenvalue weighted by Gasteiger charge is -2.27. The highest BCUT2D eigenvalue weighted by atomic mass is 15.0. The van der Waals surface area contributed by atoms with Gasteiger partial charge >= 0.3 is 0 Å². The van der Waals surface area contributed by atoms with Crippen molar-refractivity contribution in [3.8, 4) is 0 Å². The first-order valence-electron chi connectivity index (χ1n) is 5.48. The molecule has 0 saturated carbocycles. The normalized spacial score (nSPS) is 18.7. The van der Waals surface area contributed by atoms with Crippen LogP contribution in [-0.2, 0) is 0 Å². The molecule has 0 spiro atoms. The third-order valence-corrected chi connectivity index (χ3v) is 2.80. The van der Waals surface area contributed by atoms with Crippen molar-refractivity contribution in [3.05, 3.63) is 0 Å². The molecule has 0 radical (unpaired) electrons. The summed E-state index contributed by atoms with van der Waals surface area (Å²) in [5, 5.41) is 7.03. The first-order chi connectivity index (χ1) is 5.99. The smallest absolute Gasteiger partial charge is 0.0192 e. The molecular formula is C11H26N2. The van der Waals surface area contributed by atoms with Gasteiger partial charge < -0.3 is 10.6 Å². The van der Waals surface area contributed by atoms with Crippen LogP contribution in [0.3, 0.4) is 0 Å². The second kappa shape index (κ2) is 6.39. The van der Waals surface area contributed by atoms with Crippen molar-refractivity contribution in [2.75, 3.05) is 6.54 Å². The Bertz CT molecular complexity index is 123. The molecule has 3 atom stereocenters. The first kappa shape index (κ1) is 12.9. The van der Waals surface area contributed by atoms with E-state index in [0.717, 1.165) is 6.54 Å². The van der Waals surface area contributed by atoms with E-state index in [9.17, 15) is 0 Å². The van der Waals surface area contributed by atoms with Crippen LogP contribution in [0.15, 0.2) is 0 Å². The Balaban J connectivity index is 3.77. The molecule has 0 aromatic heterocycles. The average Bonchev–Trinajstić information content (AvgIpc) is 2.04. The minimum Gasteiger partial charge on any atom is -0.313 e. The molecule has 0 rings (SSSR count). The van der Waals surface area contributed by atoms with Gasteiger partial charge in [-0.1, -0.05) is 20.8 Å². The Morgan fingerprint density at radius 3 is 1.77 bits per heavy atom. The predicted molar refractivity (Wildman–Crippen MR) is 60.0 cm³/mol. The topological polar surface area (TPSA) is 24.1 Å². The molecule has 0 saturated heterocycles. The summed E-state index contributed by atoms with van der Waals surface area (Å²) in [6.07, 6.45) is 0. The first-order valence-corrected chi connectivity index (χ1v) is 5.48. The summed E-state index contributed by atoms with van der Waals surface area (Å²) >= 11 is 0. The number of likely N-dealkylation sites (N-methyl/N-ethyl adjacent to an activating group) is 1. The predicted octanol–water partition coefficient (Wildman–Crippen LogP) is 2.01. The van der Waals surface area contributed by atoms with Gasteiger partial charge in [-0.25, -0.2) is 0 Å². The molecule has 13 heavy (non-hydrogen) atoms. The van der Waals surface area contributed by atoms with Crippen molar-refractivity contribution in [1.29, 1.82) is 0 Å². The van der Waals surface area contributed by atoms with E-state index in [4.69, 9.17) is 0 Å². The molecule has 0 aliphatic carbocycles. The molecule has 0 fully saturated rings. The van der Waals surface area contributed by atoms with Crippen LogP contribution in [0, 0.1) is 5.92 Å². The zero-order valence-electron chi connectivity index (χ0n) is 10.0. The summed E-state index contributed by atoms with van der Waals surface area (Å²) in [5.74, 6) is 0.705. The fraction of sp³-hybridized carbons (Fsp3) is 1.00. The number of nitrogens with one attached hydrogen (secondary N) is 2. The minimum atomic E-state index is 0.539. The molecule has 0 aromatic rings. The van der Waals surface area contributed by atoms with E-state index in [2.05, 4.69) is 52.2 Å². The van der Waals surface area contributed by atoms with Crippen molar-refractivity contribution >= 4 is 0 Å². The minimum absolute atomic E-state index is 0.539. The molecule has 0 aliphatic heterocycles. The van der Waals surface area contributed by atoms with Gasteiger partial charge in [0.25, 0.3) is 0 Å². The zero-order valence-corrected chi connectivity index (χ0v) is 10.0. The van der Waals surface area contributed by atoms with Gasteiger partial charge in [-0.15, -0.1) is 0 Å². The highest BCUT2D eigenvalue weighted by Gasteiger charge is 2.14.